The smallest absolute Gasteiger partial charge is 0.125 e. The van der Waals surface area contributed by atoms with Crippen LogP contribution in [0, 0.1) is 0 Å². The average Bonchev–Trinajstić information content (AvgIpc) is 2.20. The quantitative estimate of drug-likeness (QED) is 0.656. The fraction of sp³-hybridized carbons (Fsp3) is 0.333. The van der Waals surface area contributed by atoms with Crippen molar-refractivity contribution in [1.82, 2.24) is 0 Å². The topological polar surface area (TPSA) is 29.5 Å². The van der Waals surface area contributed by atoms with Crippen LogP contribution in [0.5, 0.6) is 5.75 Å². The maximum Gasteiger partial charge on any atom is 0.125 e. The van der Waals surface area contributed by atoms with Crippen LogP contribution < -0.4 is 4.74 Å². The Morgan fingerprint density at radius 1 is 1.60 bits per heavy atom. The molecule has 1 atom stereocenters. The van der Waals surface area contributed by atoms with Gasteiger partial charge < -0.3 is 9.84 Å². The van der Waals surface area contributed by atoms with E-state index in [1.54, 1.807) is 13.0 Å². The lowest BCUT2D eigenvalue weighted by molar-refractivity contribution is 0.191. The number of hydrogen-bond donors (Lipinski definition) is 1. The first-order valence-electron chi connectivity index (χ1n) is 4.86. The van der Waals surface area contributed by atoms with E-state index in [1.165, 1.54) is 0 Å². The third-order valence-corrected chi connectivity index (χ3v) is 2.49. The van der Waals surface area contributed by atoms with E-state index < -0.39 is 6.10 Å². The highest BCUT2D eigenvalue weighted by Gasteiger charge is 2.09. The molecule has 1 rings (SSSR count). The van der Waals surface area contributed by atoms with Crippen molar-refractivity contribution in [3.05, 3.63) is 40.9 Å². The van der Waals surface area contributed by atoms with Crippen molar-refractivity contribution in [1.29, 1.82) is 0 Å². The predicted octanol–water partition coefficient (Wildman–Crippen LogP) is 3.46. The van der Waals surface area contributed by atoms with Crippen molar-refractivity contribution in [2.24, 2.45) is 0 Å². The molecule has 0 amide bonds. The minimum Gasteiger partial charge on any atom is -0.493 e. The summed E-state index contributed by atoms with van der Waals surface area (Å²) in [6.45, 7) is 5.94. The minimum atomic E-state index is -0.527. The van der Waals surface area contributed by atoms with Crippen LogP contribution in [-0.2, 0) is 0 Å². The van der Waals surface area contributed by atoms with Crippen LogP contribution in [-0.4, -0.2) is 11.7 Å². The highest BCUT2D eigenvalue weighted by Crippen LogP contribution is 2.28. The lowest BCUT2D eigenvalue weighted by Crippen LogP contribution is -2.01. The van der Waals surface area contributed by atoms with Gasteiger partial charge in [0.05, 0.1) is 12.7 Å². The van der Waals surface area contributed by atoms with Crippen molar-refractivity contribution in [2.45, 2.75) is 19.4 Å². The fourth-order valence-corrected chi connectivity index (χ4v) is 1.61. The van der Waals surface area contributed by atoms with Crippen LogP contribution >= 0.6 is 15.9 Å². The molecule has 15 heavy (non-hydrogen) atoms. The van der Waals surface area contributed by atoms with E-state index in [0.29, 0.717) is 6.61 Å². The highest BCUT2D eigenvalue weighted by molar-refractivity contribution is 9.10. The molecule has 1 aromatic carbocycles. The minimum absolute atomic E-state index is 0.527. The second-order valence-corrected chi connectivity index (χ2v) is 4.20. The summed E-state index contributed by atoms with van der Waals surface area (Å²) in [5.74, 6) is 0.732. The van der Waals surface area contributed by atoms with Crippen LogP contribution in [0.1, 0.15) is 25.0 Å². The van der Waals surface area contributed by atoms with Crippen LogP contribution in [0.4, 0.5) is 0 Å². The highest BCUT2D eigenvalue weighted by atomic mass is 79.9. The SMILES string of the molecule is C=CCCOc1ccc(Br)cc1[C@H](C)O. The number of aliphatic hydroxyl groups excluding tert-OH is 1. The average molecular weight is 271 g/mol. The summed E-state index contributed by atoms with van der Waals surface area (Å²) in [6.07, 6.45) is 2.08. The third-order valence-electron chi connectivity index (χ3n) is 2.00. The molecule has 0 unspecified atom stereocenters. The molecule has 0 aliphatic carbocycles. The van der Waals surface area contributed by atoms with Gasteiger partial charge in [-0.2, -0.15) is 0 Å². The van der Waals surface area contributed by atoms with E-state index in [1.807, 2.05) is 18.2 Å². The van der Waals surface area contributed by atoms with Gasteiger partial charge in [-0.1, -0.05) is 22.0 Å². The Labute approximate surface area is 98.7 Å². The standard InChI is InChI=1S/C12H15BrO2/c1-3-4-7-15-12-6-5-10(13)8-11(12)9(2)14/h3,5-6,8-9,14H,1,4,7H2,2H3/t9-/m0/s1. The number of hydrogen-bond acceptors (Lipinski definition) is 2. The number of halogens is 1. The second-order valence-electron chi connectivity index (χ2n) is 3.28. The number of rotatable bonds is 5. The van der Waals surface area contributed by atoms with Gasteiger partial charge in [0.25, 0.3) is 0 Å². The molecular formula is C12H15BrO2. The van der Waals surface area contributed by atoms with Gasteiger partial charge in [0.15, 0.2) is 0 Å². The van der Waals surface area contributed by atoms with Gasteiger partial charge in [0, 0.05) is 10.0 Å². The molecule has 0 saturated carbocycles. The molecule has 0 spiro atoms. The molecular weight excluding hydrogens is 256 g/mol. The zero-order valence-electron chi connectivity index (χ0n) is 8.74. The Bertz CT molecular complexity index is 334. The number of benzene rings is 1. The first-order valence-corrected chi connectivity index (χ1v) is 5.65. The summed E-state index contributed by atoms with van der Waals surface area (Å²) in [7, 11) is 0. The molecule has 0 bridgehead atoms. The van der Waals surface area contributed by atoms with Crippen LogP contribution in [0.3, 0.4) is 0 Å². The number of ether oxygens (including phenoxy) is 1. The normalized spacial score (nSPS) is 12.2. The van der Waals surface area contributed by atoms with E-state index in [4.69, 9.17) is 4.74 Å². The van der Waals surface area contributed by atoms with E-state index in [2.05, 4.69) is 22.5 Å². The molecule has 0 fully saturated rings. The van der Waals surface area contributed by atoms with Crippen molar-refractivity contribution in [2.75, 3.05) is 6.61 Å². The Morgan fingerprint density at radius 2 is 2.33 bits per heavy atom. The van der Waals surface area contributed by atoms with E-state index in [0.717, 1.165) is 22.2 Å². The predicted molar refractivity (Wildman–Crippen MR) is 65.1 cm³/mol. The van der Waals surface area contributed by atoms with Crippen molar-refractivity contribution >= 4 is 15.9 Å². The molecule has 3 heteroatoms. The monoisotopic (exact) mass is 270 g/mol. The van der Waals surface area contributed by atoms with Gasteiger partial charge >= 0.3 is 0 Å². The summed E-state index contributed by atoms with van der Waals surface area (Å²) >= 11 is 3.36. The molecule has 0 aromatic heterocycles. The van der Waals surface area contributed by atoms with Crippen LogP contribution in [0.2, 0.25) is 0 Å². The third kappa shape index (κ3) is 3.68. The van der Waals surface area contributed by atoms with E-state index >= 15 is 0 Å². The Kier molecular flexibility index (Phi) is 4.85. The van der Waals surface area contributed by atoms with Gasteiger partial charge in [-0.3, -0.25) is 0 Å². The van der Waals surface area contributed by atoms with Crippen LogP contribution in [0.15, 0.2) is 35.3 Å². The summed E-state index contributed by atoms with van der Waals surface area (Å²) in [5, 5.41) is 9.56. The molecule has 0 heterocycles. The first kappa shape index (κ1) is 12.3. The summed E-state index contributed by atoms with van der Waals surface area (Å²) in [6, 6.07) is 5.62. The maximum atomic E-state index is 9.56. The van der Waals surface area contributed by atoms with Gasteiger partial charge in [-0.25, -0.2) is 0 Å². The molecule has 1 aromatic rings. The van der Waals surface area contributed by atoms with Crippen molar-refractivity contribution < 1.29 is 9.84 Å². The van der Waals surface area contributed by atoms with Crippen molar-refractivity contribution in [3.8, 4) is 5.75 Å². The molecule has 2 nitrogen and oxygen atoms in total. The lowest BCUT2D eigenvalue weighted by Gasteiger charge is -2.13. The van der Waals surface area contributed by atoms with Gasteiger partial charge in [0.2, 0.25) is 0 Å². The molecule has 0 saturated heterocycles. The van der Waals surface area contributed by atoms with Gasteiger partial charge in [0.1, 0.15) is 5.75 Å². The molecule has 0 aliphatic rings. The van der Waals surface area contributed by atoms with E-state index in [-0.39, 0.29) is 0 Å². The molecule has 1 N–H and O–H groups in total. The number of aliphatic hydroxyl groups is 1. The van der Waals surface area contributed by atoms with Gasteiger partial charge in [-0.05, 0) is 31.5 Å². The molecule has 82 valence electrons. The van der Waals surface area contributed by atoms with E-state index in [9.17, 15) is 5.11 Å². The zero-order valence-corrected chi connectivity index (χ0v) is 10.3. The Hall–Kier alpha value is -0.800. The summed E-state index contributed by atoms with van der Waals surface area (Å²) in [4.78, 5) is 0. The fourth-order valence-electron chi connectivity index (χ4n) is 1.23. The maximum absolute atomic E-state index is 9.56. The second kappa shape index (κ2) is 5.93. The summed E-state index contributed by atoms with van der Waals surface area (Å²) < 4.78 is 6.48. The first-order chi connectivity index (χ1) is 7.15. The summed E-state index contributed by atoms with van der Waals surface area (Å²) in [5.41, 5.74) is 0.799. The van der Waals surface area contributed by atoms with Crippen LogP contribution in [0.25, 0.3) is 0 Å². The largest absolute Gasteiger partial charge is 0.493 e. The zero-order chi connectivity index (χ0) is 11.3. The van der Waals surface area contributed by atoms with Crippen molar-refractivity contribution in [3.63, 3.8) is 0 Å². The lowest BCUT2D eigenvalue weighted by atomic mass is 10.1. The molecule has 0 aliphatic heterocycles. The molecule has 0 radical (unpaired) electrons. The Balaban J connectivity index is 2.81. The Morgan fingerprint density at radius 3 is 2.93 bits per heavy atom. The van der Waals surface area contributed by atoms with Gasteiger partial charge in [-0.15, -0.1) is 6.58 Å².